The molecule has 0 rings (SSSR count). The topological polar surface area (TPSA) is 106 Å². The monoisotopic (exact) mass is 416 g/mol. The summed E-state index contributed by atoms with van der Waals surface area (Å²) >= 11 is 0. The third-order valence-electron chi connectivity index (χ3n) is 5.05. The summed E-state index contributed by atoms with van der Waals surface area (Å²) in [6, 6.07) is 4.49. The van der Waals surface area contributed by atoms with Gasteiger partial charge in [0.15, 0.2) is 11.6 Å². The van der Waals surface area contributed by atoms with Gasteiger partial charge in [-0.3, -0.25) is 9.59 Å². The summed E-state index contributed by atoms with van der Waals surface area (Å²) in [6.45, 7) is 15.5. The van der Waals surface area contributed by atoms with E-state index in [4.69, 9.17) is 0 Å². The molecule has 0 atom stereocenters. The molecule has 0 saturated carbocycles. The fourth-order valence-corrected chi connectivity index (χ4v) is 4.25. The average molecular weight is 417 g/mol. The highest BCUT2D eigenvalue weighted by molar-refractivity contribution is 5.90. The van der Waals surface area contributed by atoms with Crippen molar-refractivity contribution in [3.05, 3.63) is 0 Å². The number of carbonyl (C=O) groups is 2. The Morgan fingerprint density at radius 3 is 1.03 bits per heavy atom. The molecule has 0 fully saturated rings. The van der Waals surface area contributed by atoms with Crippen LogP contribution in [0.4, 0.5) is 0 Å². The van der Waals surface area contributed by atoms with Crippen molar-refractivity contribution in [3.63, 3.8) is 0 Å². The zero-order valence-corrected chi connectivity index (χ0v) is 20.2. The molecule has 0 spiro atoms. The minimum atomic E-state index is -1.07. The van der Waals surface area contributed by atoms with E-state index in [-0.39, 0.29) is 48.3 Å². The summed E-state index contributed by atoms with van der Waals surface area (Å²) in [6.07, 6.45) is 1.93. The van der Waals surface area contributed by atoms with E-state index in [0.29, 0.717) is 25.7 Å². The van der Waals surface area contributed by atoms with Gasteiger partial charge in [-0.25, -0.2) is 0 Å². The molecule has 30 heavy (non-hydrogen) atoms. The average Bonchev–Trinajstić information content (AvgIpc) is 2.61. The van der Waals surface area contributed by atoms with Crippen LogP contribution in [0.2, 0.25) is 0 Å². The molecule has 0 aliphatic carbocycles. The van der Waals surface area contributed by atoms with Gasteiger partial charge in [0.1, 0.15) is 23.9 Å². The van der Waals surface area contributed by atoms with Crippen LogP contribution in [0.25, 0.3) is 0 Å². The number of rotatable bonds is 14. The highest BCUT2D eigenvalue weighted by Crippen LogP contribution is 2.35. The molecule has 168 valence electrons. The Kier molecular flexibility index (Phi) is 11.7. The molecule has 0 aromatic carbocycles. The third kappa shape index (κ3) is 8.74. The van der Waals surface area contributed by atoms with Crippen molar-refractivity contribution >= 4 is 11.6 Å². The number of hydrogen-bond acceptors (Lipinski definition) is 6. The zero-order valence-electron chi connectivity index (χ0n) is 20.2. The molecule has 6 heteroatoms. The maximum Gasteiger partial charge on any atom is 0.176 e. The summed E-state index contributed by atoms with van der Waals surface area (Å²) in [4.78, 5) is 25.7. The van der Waals surface area contributed by atoms with E-state index in [9.17, 15) is 20.1 Å². The van der Waals surface area contributed by atoms with Gasteiger partial charge in [0.2, 0.25) is 0 Å². The van der Waals surface area contributed by atoms with E-state index in [1.807, 2.05) is 55.4 Å². The lowest BCUT2D eigenvalue weighted by Gasteiger charge is -2.28. The van der Waals surface area contributed by atoms with Gasteiger partial charge in [-0.1, -0.05) is 55.4 Å². The Morgan fingerprint density at radius 2 is 0.867 bits per heavy atom. The first-order chi connectivity index (χ1) is 13.8. The van der Waals surface area contributed by atoms with Crippen LogP contribution < -0.4 is 0 Å². The quantitative estimate of drug-likeness (QED) is 0.334. The lowest BCUT2D eigenvalue weighted by molar-refractivity contribution is -0.127. The van der Waals surface area contributed by atoms with E-state index in [2.05, 4.69) is 22.4 Å². The summed E-state index contributed by atoms with van der Waals surface area (Å²) in [5.74, 6) is 0.311. The highest BCUT2D eigenvalue weighted by Gasteiger charge is 2.40. The van der Waals surface area contributed by atoms with Crippen LogP contribution in [0.5, 0.6) is 0 Å². The first-order valence-corrected chi connectivity index (χ1v) is 11.1. The van der Waals surface area contributed by atoms with Crippen molar-refractivity contribution < 1.29 is 9.59 Å². The molecule has 0 radical (unpaired) electrons. The molecular weight excluding hydrogens is 376 g/mol. The van der Waals surface area contributed by atoms with Crippen molar-refractivity contribution in [1.82, 2.24) is 0 Å². The van der Waals surface area contributed by atoms with Gasteiger partial charge in [-0.15, -0.1) is 0 Å². The number of ketones is 2. The lowest BCUT2D eigenvalue weighted by atomic mass is 9.72. The smallest absolute Gasteiger partial charge is 0.176 e. The molecule has 0 N–H and O–H groups in total. The standard InChI is InChI=1S/C24H40N4O2/c1-17(2)9-23(15-25,10-18(3)4)21(29)13-27-28-14-22(30)24(16-26,11-19(5)6)12-20(7)8/h17-20H,9-14H2,1-8H3. The zero-order chi connectivity index (χ0) is 23.5. The van der Waals surface area contributed by atoms with Crippen LogP contribution in [0.15, 0.2) is 10.2 Å². The van der Waals surface area contributed by atoms with Crippen molar-refractivity contribution in [2.24, 2.45) is 44.7 Å². The second kappa shape index (κ2) is 12.6. The van der Waals surface area contributed by atoms with E-state index in [0.717, 1.165) is 0 Å². The molecule has 0 bridgehead atoms. The second-order valence-corrected chi connectivity index (χ2v) is 10.2. The van der Waals surface area contributed by atoms with Crippen molar-refractivity contribution in [1.29, 1.82) is 10.5 Å². The predicted molar refractivity (Wildman–Crippen MR) is 119 cm³/mol. The number of hydrogen-bond donors (Lipinski definition) is 0. The minimum absolute atomic E-state index is 0.203. The van der Waals surface area contributed by atoms with Gasteiger partial charge < -0.3 is 0 Å². The van der Waals surface area contributed by atoms with Crippen LogP contribution >= 0.6 is 0 Å². The maximum atomic E-state index is 12.8. The van der Waals surface area contributed by atoms with Crippen molar-refractivity contribution in [3.8, 4) is 12.1 Å². The van der Waals surface area contributed by atoms with E-state index >= 15 is 0 Å². The number of nitrogens with zero attached hydrogens (tertiary/aromatic N) is 4. The Hall–Kier alpha value is -2.08. The molecule has 0 aromatic rings. The van der Waals surface area contributed by atoms with Crippen molar-refractivity contribution in [2.75, 3.05) is 13.1 Å². The number of carbonyl (C=O) groups excluding carboxylic acids is 2. The molecule has 0 aromatic heterocycles. The number of azo groups is 1. The number of Topliss-reactive ketones (excluding diaryl/α,β-unsaturated/α-hetero) is 2. The van der Waals surface area contributed by atoms with Gasteiger partial charge in [0.05, 0.1) is 12.1 Å². The van der Waals surface area contributed by atoms with Gasteiger partial charge in [-0.2, -0.15) is 20.8 Å². The van der Waals surface area contributed by atoms with E-state index in [1.165, 1.54) is 0 Å². The van der Waals surface area contributed by atoms with Gasteiger partial charge >= 0.3 is 0 Å². The third-order valence-corrected chi connectivity index (χ3v) is 5.05. The Morgan fingerprint density at radius 1 is 0.633 bits per heavy atom. The maximum absolute atomic E-state index is 12.8. The molecule has 0 saturated heterocycles. The summed E-state index contributed by atoms with van der Waals surface area (Å²) in [7, 11) is 0. The minimum Gasteiger partial charge on any atom is -0.296 e. The Bertz CT molecular complexity index is 600. The van der Waals surface area contributed by atoms with Gasteiger partial charge in [0, 0.05) is 0 Å². The fourth-order valence-electron chi connectivity index (χ4n) is 4.25. The fraction of sp³-hybridized carbons (Fsp3) is 0.833. The van der Waals surface area contributed by atoms with Crippen LogP contribution in [0.3, 0.4) is 0 Å². The summed E-state index contributed by atoms with van der Waals surface area (Å²) in [5.41, 5.74) is -2.14. The SMILES string of the molecule is CC(C)CC(C#N)(CC(C)C)C(=O)CN=NCC(=O)C(C#N)(CC(C)C)CC(C)C. The Balaban J connectivity index is 5.33. The summed E-state index contributed by atoms with van der Waals surface area (Å²) in [5, 5.41) is 27.4. The molecule has 0 amide bonds. The van der Waals surface area contributed by atoms with Crippen LogP contribution in [-0.2, 0) is 9.59 Å². The second-order valence-electron chi connectivity index (χ2n) is 10.2. The molecule has 0 aliphatic rings. The highest BCUT2D eigenvalue weighted by atomic mass is 16.1. The first kappa shape index (κ1) is 27.9. The molecule has 0 unspecified atom stereocenters. The van der Waals surface area contributed by atoms with Crippen LogP contribution in [0, 0.1) is 57.2 Å². The largest absolute Gasteiger partial charge is 0.296 e. The van der Waals surface area contributed by atoms with Crippen LogP contribution in [0.1, 0.15) is 81.1 Å². The Labute approximate surface area is 183 Å². The molecular formula is C24H40N4O2. The molecule has 0 heterocycles. The van der Waals surface area contributed by atoms with Gasteiger partial charge in [-0.05, 0) is 49.4 Å². The van der Waals surface area contributed by atoms with E-state index < -0.39 is 10.8 Å². The molecule has 6 nitrogen and oxygen atoms in total. The normalized spacial score (nSPS) is 12.7. The number of nitriles is 2. The van der Waals surface area contributed by atoms with Crippen LogP contribution in [-0.4, -0.2) is 24.7 Å². The lowest BCUT2D eigenvalue weighted by Crippen LogP contribution is -2.35. The first-order valence-electron chi connectivity index (χ1n) is 11.1. The van der Waals surface area contributed by atoms with Crippen molar-refractivity contribution in [2.45, 2.75) is 81.1 Å². The molecule has 0 aliphatic heterocycles. The van der Waals surface area contributed by atoms with E-state index in [1.54, 1.807) is 0 Å². The van der Waals surface area contributed by atoms with Gasteiger partial charge in [0.25, 0.3) is 0 Å². The summed E-state index contributed by atoms with van der Waals surface area (Å²) < 4.78 is 0. The predicted octanol–water partition coefficient (Wildman–Crippen LogP) is 5.78.